The largest absolute Gasteiger partial charge is 0.455 e. The van der Waals surface area contributed by atoms with E-state index in [4.69, 9.17) is 16.3 Å². The predicted octanol–water partition coefficient (Wildman–Crippen LogP) is 3.01. The van der Waals surface area contributed by atoms with Crippen LogP contribution in [0.15, 0.2) is 48.5 Å². The first-order valence-electron chi connectivity index (χ1n) is 8.20. The van der Waals surface area contributed by atoms with Gasteiger partial charge in [-0.05, 0) is 48.5 Å². The molecule has 0 aromatic heterocycles. The Morgan fingerprint density at radius 2 is 1.81 bits per heavy atom. The second-order valence-corrected chi connectivity index (χ2v) is 6.48. The first kappa shape index (κ1) is 18.8. The maximum absolute atomic E-state index is 12.8. The number of carbonyl (C=O) groups is 3. The average Bonchev–Trinajstić information content (AvgIpc) is 3.04. The molecule has 1 heterocycles. The van der Waals surface area contributed by atoms with Crippen molar-refractivity contribution in [3.8, 4) is 0 Å². The van der Waals surface area contributed by atoms with Gasteiger partial charge in [-0.25, -0.2) is 4.39 Å². The van der Waals surface area contributed by atoms with Crippen LogP contribution in [0, 0.1) is 11.7 Å². The van der Waals surface area contributed by atoms with Crippen LogP contribution >= 0.6 is 11.6 Å². The van der Waals surface area contributed by atoms with E-state index >= 15 is 0 Å². The Balaban J connectivity index is 1.51. The van der Waals surface area contributed by atoms with Crippen molar-refractivity contribution in [1.82, 2.24) is 0 Å². The topological polar surface area (TPSA) is 75.7 Å². The molecule has 0 aliphatic carbocycles. The van der Waals surface area contributed by atoms with E-state index in [0.29, 0.717) is 16.4 Å². The van der Waals surface area contributed by atoms with Crippen LogP contribution in [0.3, 0.4) is 0 Å². The van der Waals surface area contributed by atoms with Crippen LogP contribution in [0.25, 0.3) is 0 Å². The molecule has 1 fully saturated rings. The number of anilines is 2. The molecule has 6 nitrogen and oxygen atoms in total. The molecule has 1 aliphatic heterocycles. The van der Waals surface area contributed by atoms with Crippen LogP contribution in [0.2, 0.25) is 5.02 Å². The highest BCUT2D eigenvalue weighted by atomic mass is 35.5. The van der Waals surface area contributed by atoms with Crippen molar-refractivity contribution in [3.63, 3.8) is 0 Å². The van der Waals surface area contributed by atoms with Gasteiger partial charge in [0, 0.05) is 29.4 Å². The van der Waals surface area contributed by atoms with Gasteiger partial charge in [0.2, 0.25) is 5.91 Å². The number of ether oxygens (including phenoxy) is 1. The van der Waals surface area contributed by atoms with Crippen LogP contribution in [-0.4, -0.2) is 30.9 Å². The monoisotopic (exact) mass is 390 g/mol. The minimum absolute atomic E-state index is 0.0149. The lowest BCUT2D eigenvalue weighted by Gasteiger charge is -2.16. The van der Waals surface area contributed by atoms with Crippen LogP contribution in [0.4, 0.5) is 15.8 Å². The van der Waals surface area contributed by atoms with Crippen molar-refractivity contribution >= 4 is 40.8 Å². The summed E-state index contributed by atoms with van der Waals surface area (Å²) in [5, 5.41) is 3.04. The molecule has 27 heavy (non-hydrogen) atoms. The van der Waals surface area contributed by atoms with Gasteiger partial charge in [-0.2, -0.15) is 0 Å². The number of halogens is 2. The van der Waals surface area contributed by atoms with Gasteiger partial charge in [0.1, 0.15) is 5.82 Å². The van der Waals surface area contributed by atoms with Crippen molar-refractivity contribution in [2.24, 2.45) is 5.92 Å². The normalized spacial score (nSPS) is 16.3. The molecular weight excluding hydrogens is 375 g/mol. The predicted molar refractivity (Wildman–Crippen MR) is 97.9 cm³/mol. The first-order chi connectivity index (χ1) is 12.9. The molecule has 3 rings (SSSR count). The smallest absolute Gasteiger partial charge is 0.311 e. The van der Waals surface area contributed by atoms with E-state index in [0.717, 1.165) is 0 Å². The second kappa shape index (κ2) is 8.18. The van der Waals surface area contributed by atoms with E-state index in [1.165, 1.54) is 29.2 Å². The van der Waals surface area contributed by atoms with Gasteiger partial charge < -0.3 is 15.0 Å². The third-order valence-corrected chi connectivity index (χ3v) is 4.32. The van der Waals surface area contributed by atoms with Crippen molar-refractivity contribution < 1.29 is 23.5 Å². The Hall–Kier alpha value is -2.93. The highest BCUT2D eigenvalue weighted by Gasteiger charge is 2.36. The molecule has 8 heteroatoms. The summed E-state index contributed by atoms with van der Waals surface area (Å²) in [6.45, 7) is -0.305. The molecule has 1 saturated heterocycles. The Morgan fingerprint density at radius 1 is 1.15 bits per heavy atom. The van der Waals surface area contributed by atoms with Gasteiger partial charge in [0.05, 0.1) is 5.92 Å². The Bertz CT molecular complexity index is 855. The molecule has 2 aromatic carbocycles. The number of amides is 2. The molecule has 0 unspecified atom stereocenters. The first-order valence-corrected chi connectivity index (χ1v) is 8.58. The maximum atomic E-state index is 12.8. The van der Waals surface area contributed by atoms with Crippen molar-refractivity contribution in [2.45, 2.75) is 6.42 Å². The zero-order valence-electron chi connectivity index (χ0n) is 14.2. The zero-order valence-corrected chi connectivity index (χ0v) is 14.9. The molecule has 1 atom stereocenters. The molecule has 0 saturated carbocycles. The molecule has 2 aromatic rings. The highest BCUT2D eigenvalue weighted by Crippen LogP contribution is 2.27. The van der Waals surface area contributed by atoms with Crippen LogP contribution in [0.1, 0.15) is 6.42 Å². The summed E-state index contributed by atoms with van der Waals surface area (Å²) in [5.41, 5.74) is 1.04. The summed E-state index contributed by atoms with van der Waals surface area (Å²) >= 11 is 5.84. The third kappa shape index (κ3) is 4.83. The summed E-state index contributed by atoms with van der Waals surface area (Å²) in [6.07, 6.45) is 0.0149. The van der Waals surface area contributed by atoms with Crippen LogP contribution < -0.4 is 10.2 Å². The van der Waals surface area contributed by atoms with E-state index in [1.807, 2.05) is 0 Å². The lowest BCUT2D eigenvalue weighted by Crippen LogP contribution is -2.28. The van der Waals surface area contributed by atoms with Crippen molar-refractivity contribution in [3.05, 3.63) is 59.4 Å². The fourth-order valence-electron chi connectivity index (χ4n) is 2.72. The molecule has 0 bridgehead atoms. The molecular formula is C19H16ClFN2O4. The van der Waals surface area contributed by atoms with Gasteiger partial charge in [0.25, 0.3) is 5.91 Å². The Labute approximate surface area is 159 Å². The minimum Gasteiger partial charge on any atom is -0.455 e. The van der Waals surface area contributed by atoms with E-state index in [1.54, 1.807) is 24.3 Å². The number of rotatable bonds is 5. The Morgan fingerprint density at radius 3 is 2.48 bits per heavy atom. The van der Waals surface area contributed by atoms with Gasteiger partial charge in [-0.3, -0.25) is 14.4 Å². The summed E-state index contributed by atoms with van der Waals surface area (Å²) in [4.78, 5) is 37.6. The third-order valence-electron chi connectivity index (χ3n) is 4.07. The molecule has 1 aliphatic rings. The second-order valence-electron chi connectivity index (χ2n) is 6.04. The number of benzene rings is 2. The molecule has 2 amide bonds. The van der Waals surface area contributed by atoms with E-state index in [2.05, 4.69) is 5.32 Å². The SMILES string of the molecule is O=C(COC(=O)[C@H]1CC(=O)N(c2ccc(Cl)cc2)C1)Nc1ccc(F)cc1. The lowest BCUT2D eigenvalue weighted by molar-refractivity contribution is -0.151. The molecule has 0 spiro atoms. The maximum Gasteiger partial charge on any atom is 0.311 e. The van der Waals surface area contributed by atoms with Gasteiger partial charge in [-0.1, -0.05) is 11.6 Å². The fraction of sp³-hybridized carbons (Fsp3) is 0.211. The van der Waals surface area contributed by atoms with Gasteiger partial charge in [-0.15, -0.1) is 0 Å². The highest BCUT2D eigenvalue weighted by molar-refractivity contribution is 6.30. The Kier molecular flexibility index (Phi) is 5.71. The van der Waals surface area contributed by atoms with Crippen LogP contribution in [-0.2, 0) is 19.1 Å². The average molecular weight is 391 g/mol. The van der Waals surface area contributed by atoms with Crippen molar-refractivity contribution in [2.75, 3.05) is 23.4 Å². The number of hydrogen-bond acceptors (Lipinski definition) is 4. The molecule has 0 radical (unpaired) electrons. The van der Waals surface area contributed by atoms with Gasteiger partial charge in [0.15, 0.2) is 6.61 Å². The summed E-state index contributed by atoms with van der Waals surface area (Å²) in [7, 11) is 0. The number of nitrogens with one attached hydrogen (secondary N) is 1. The van der Waals surface area contributed by atoms with Crippen LogP contribution in [0.5, 0.6) is 0 Å². The van der Waals surface area contributed by atoms with Gasteiger partial charge >= 0.3 is 5.97 Å². The number of hydrogen-bond donors (Lipinski definition) is 1. The number of carbonyl (C=O) groups excluding carboxylic acids is 3. The quantitative estimate of drug-likeness (QED) is 0.796. The summed E-state index contributed by atoms with van der Waals surface area (Å²) < 4.78 is 17.8. The fourth-order valence-corrected chi connectivity index (χ4v) is 2.85. The minimum atomic E-state index is -0.646. The molecule has 140 valence electrons. The number of esters is 1. The lowest BCUT2D eigenvalue weighted by atomic mass is 10.1. The molecule has 1 N–H and O–H groups in total. The van der Waals surface area contributed by atoms with Crippen molar-refractivity contribution in [1.29, 1.82) is 0 Å². The van der Waals surface area contributed by atoms with E-state index < -0.39 is 30.2 Å². The van der Waals surface area contributed by atoms with E-state index in [9.17, 15) is 18.8 Å². The summed E-state index contributed by atoms with van der Waals surface area (Å²) in [6, 6.07) is 11.9. The summed E-state index contributed by atoms with van der Waals surface area (Å²) in [5.74, 6) is -2.43. The standard InChI is InChI=1S/C19H16ClFN2O4/c20-13-1-7-16(8-2-13)23-10-12(9-18(23)25)19(26)27-11-17(24)22-15-5-3-14(21)4-6-15/h1-8,12H,9-11H2,(H,22,24)/t12-/m0/s1. The number of nitrogens with zero attached hydrogens (tertiary/aromatic N) is 1. The van der Waals surface area contributed by atoms with E-state index in [-0.39, 0.29) is 18.9 Å². The zero-order chi connectivity index (χ0) is 19.4.